The number of carbonyl (C=O) groups is 1. The second-order valence-electron chi connectivity index (χ2n) is 3.83. The molecule has 15 heavy (non-hydrogen) atoms. The van der Waals surface area contributed by atoms with Gasteiger partial charge in [-0.3, -0.25) is 4.79 Å². The number of ether oxygens (including phenoxy) is 1. The van der Waals surface area contributed by atoms with Crippen LogP contribution in [0.4, 0.5) is 0 Å². The largest absolute Gasteiger partial charge is 0.465 e. The van der Waals surface area contributed by atoms with Crippen LogP contribution in [0.2, 0.25) is 0 Å². The summed E-state index contributed by atoms with van der Waals surface area (Å²) in [4.78, 5) is 10.9. The van der Waals surface area contributed by atoms with Gasteiger partial charge in [-0.2, -0.15) is 0 Å². The van der Waals surface area contributed by atoms with E-state index in [2.05, 4.69) is 32.6 Å². The molecule has 0 fully saturated rings. The van der Waals surface area contributed by atoms with Crippen molar-refractivity contribution in [3.05, 3.63) is 24.8 Å². The lowest BCUT2D eigenvalue weighted by Gasteiger charge is -2.16. The van der Waals surface area contributed by atoms with E-state index in [1.54, 1.807) is 6.92 Å². The van der Waals surface area contributed by atoms with E-state index in [0.29, 0.717) is 24.9 Å². The molecule has 0 aromatic heterocycles. The number of rotatable bonds is 7. The maximum atomic E-state index is 10.9. The van der Waals surface area contributed by atoms with E-state index in [1.165, 1.54) is 0 Å². The van der Waals surface area contributed by atoms with Gasteiger partial charge in [-0.1, -0.05) is 39.0 Å². The third-order valence-electron chi connectivity index (χ3n) is 2.44. The van der Waals surface area contributed by atoms with Crippen LogP contribution in [0.1, 0.15) is 33.6 Å². The quantitative estimate of drug-likeness (QED) is 0.476. The van der Waals surface area contributed by atoms with E-state index < -0.39 is 0 Å². The Morgan fingerprint density at radius 1 is 1.47 bits per heavy atom. The Bertz CT molecular complexity index is 219. The molecule has 0 aliphatic heterocycles. The van der Waals surface area contributed by atoms with Crippen molar-refractivity contribution in [3.63, 3.8) is 0 Å². The van der Waals surface area contributed by atoms with Crippen molar-refractivity contribution in [2.75, 3.05) is 6.61 Å². The van der Waals surface area contributed by atoms with Gasteiger partial charge < -0.3 is 4.74 Å². The molecule has 0 aromatic carbocycles. The molecule has 0 amide bonds. The lowest BCUT2D eigenvalue weighted by Crippen LogP contribution is -2.16. The highest BCUT2D eigenvalue weighted by molar-refractivity contribution is 5.68. The van der Waals surface area contributed by atoms with Crippen molar-refractivity contribution >= 4 is 5.97 Å². The zero-order valence-corrected chi connectivity index (χ0v) is 10.0. The zero-order chi connectivity index (χ0) is 11.7. The fourth-order valence-corrected chi connectivity index (χ4v) is 1.06. The van der Waals surface area contributed by atoms with Crippen LogP contribution in [0.5, 0.6) is 0 Å². The molecule has 0 radical (unpaired) electrons. The van der Waals surface area contributed by atoms with Crippen molar-refractivity contribution in [2.45, 2.75) is 33.6 Å². The number of allylic oxidation sites excluding steroid dienone is 3. The number of carbonyl (C=O) groups excluding carboxylic acids is 1. The summed E-state index contributed by atoms with van der Waals surface area (Å²) in [5, 5.41) is 0. The standard InChI is InChI=1S/C13H22O2/c1-5-7-8-9-11(3)12(4)10-15-13(14)6-2/h5,8-9,11-12H,1,6-7,10H2,2-4H3/b9-8+. The molecule has 0 rings (SSSR count). The van der Waals surface area contributed by atoms with Gasteiger partial charge >= 0.3 is 5.97 Å². The summed E-state index contributed by atoms with van der Waals surface area (Å²) in [7, 11) is 0. The van der Waals surface area contributed by atoms with Crippen LogP contribution < -0.4 is 0 Å². The van der Waals surface area contributed by atoms with Crippen molar-refractivity contribution in [3.8, 4) is 0 Å². The van der Waals surface area contributed by atoms with Gasteiger partial charge in [-0.25, -0.2) is 0 Å². The summed E-state index contributed by atoms with van der Waals surface area (Å²) in [6.45, 7) is 10.2. The molecule has 0 heterocycles. The Kier molecular flexibility index (Phi) is 7.69. The van der Waals surface area contributed by atoms with E-state index in [-0.39, 0.29) is 5.97 Å². The molecule has 86 valence electrons. The molecule has 2 atom stereocenters. The second kappa shape index (κ2) is 8.27. The van der Waals surface area contributed by atoms with Crippen molar-refractivity contribution in [1.29, 1.82) is 0 Å². The first-order valence-electron chi connectivity index (χ1n) is 5.55. The van der Waals surface area contributed by atoms with Gasteiger partial charge in [-0.15, -0.1) is 6.58 Å². The Hall–Kier alpha value is -1.05. The fraction of sp³-hybridized carbons (Fsp3) is 0.615. The van der Waals surface area contributed by atoms with Gasteiger partial charge in [0, 0.05) is 6.42 Å². The molecule has 2 unspecified atom stereocenters. The minimum atomic E-state index is -0.121. The van der Waals surface area contributed by atoms with E-state index in [0.717, 1.165) is 6.42 Å². The Morgan fingerprint density at radius 2 is 2.13 bits per heavy atom. The Morgan fingerprint density at radius 3 is 2.67 bits per heavy atom. The van der Waals surface area contributed by atoms with Crippen LogP contribution in [0.15, 0.2) is 24.8 Å². The third-order valence-corrected chi connectivity index (χ3v) is 2.44. The Balaban J connectivity index is 3.82. The highest BCUT2D eigenvalue weighted by atomic mass is 16.5. The first kappa shape index (κ1) is 13.9. The second-order valence-corrected chi connectivity index (χ2v) is 3.83. The van der Waals surface area contributed by atoms with Gasteiger partial charge in [0.1, 0.15) is 0 Å². The number of hydrogen-bond donors (Lipinski definition) is 0. The van der Waals surface area contributed by atoms with Gasteiger partial charge in [0.2, 0.25) is 0 Å². The minimum Gasteiger partial charge on any atom is -0.465 e. The van der Waals surface area contributed by atoms with Crippen molar-refractivity contribution in [2.24, 2.45) is 11.8 Å². The van der Waals surface area contributed by atoms with Gasteiger partial charge in [-0.05, 0) is 18.3 Å². The molecule has 0 spiro atoms. The SMILES string of the molecule is C=CC/C=C/C(C)C(C)COC(=O)CC. The van der Waals surface area contributed by atoms with Gasteiger partial charge in [0.05, 0.1) is 6.61 Å². The maximum absolute atomic E-state index is 10.9. The topological polar surface area (TPSA) is 26.3 Å². The first-order chi connectivity index (χ1) is 7.11. The molecule has 0 saturated heterocycles. The number of esters is 1. The molecule has 2 heteroatoms. The van der Waals surface area contributed by atoms with Crippen LogP contribution in [-0.4, -0.2) is 12.6 Å². The predicted molar refractivity (Wildman–Crippen MR) is 63.5 cm³/mol. The average molecular weight is 210 g/mol. The third kappa shape index (κ3) is 6.95. The summed E-state index contributed by atoms with van der Waals surface area (Å²) < 4.78 is 5.09. The lowest BCUT2D eigenvalue weighted by molar-refractivity contribution is -0.144. The van der Waals surface area contributed by atoms with Crippen LogP contribution in [0, 0.1) is 11.8 Å². The predicted octanol–water partition coefficient (Wildman–Crippen LogP) is 3.34. The van der Waals surface area contributed by atoms with Gasteiger partial charge in [0.15, 0.2) is 0 Å². The van der Waals surface area contributed by atoms with E-state index in [4.69, 9.17) is 4.74 Å². The number of hydrogen-bond acceptors (Lipinski definition) is 2. The first-order valence-corrected chi connectivity index (χ1v) is 5.55. The van der Waals surface area contributed by atoms with Crippen LogP contribution in [0.25, 0.3) is 0 Å². The molecule has 2 nitrogen and oxygen atoms in total. The zero-order valence-electron chi connectivity index (χ0n) is 10.0. The van der Waals surface area contributed by atoms with E-state index >= 15 is 0 Å². The highest BCUT2D eigenvalue weighted by Crippen LogP contribution is 2.13. The van der Waals surface area contributed by atoms with Gasteiger partial charge in [0.25, 0.3) is 0 Å². The lowest BCUT2D eigenvalue weighted by atomic mass is 9.96. The Labute approximate surface area is 93.0 Å². The minimum absolute atomic E-state index is 0.121. The van der Waals surface area contributed by atoms with Crippen LogP contribution in [-0.2, 0) is 9.53 Å². The molecule has 0 aliphatic rings. The van der Waals surface area contributed by atoms with Crippen molar-refractivity contribution in [1.82, 2.24) is 0 Å². The molecule has 0 saturated carbocycles. The van der Waals surface area contributed by atoms with Crippen molar-refractivity contribution < 1.29 is 9.53 Å². The fourth-order valence-electron chi connectivity index (χ4n) is 1.06. The van der Waals surface area contributed by atoms with Crippen LogP contribution >= 0.6 is 0 Å². The molecule has 0 aromatic rings. The molecular weight excluding hydrogens is 188 g/mol. The maximum Gasteiger partial charge on any atom is 0.305 e. The summed E-state index contributed by atoms with van der Waals surface area (Å²) in [5.74, 6) is 0.667. The summed E-state index contributed by atoms with van der Waals surface area (Å²) in [6.07, 6.45) is 7.45. The summed E-state index contributed by atoms with van der Waals surface area (Å²) >= 11 is 0. The highest BCUT2D eigenvalue weighted by Gasteiger charge is 2.11. The molecular formula is C13H22O2. The summed E-state index contributed by atoms with van der Waals surface area (Å²) in [6, 6.07) is 0. The van der Waals surface area contributed by atoms with E-state index in [1.807, 2.05) is 6.08 Å². The smallest absolute Gasteiger partial charge is 0.305 e. The normalized spacial score (nSPS) is 14.9. The van der Waals surface area contributed by atoms with E-state index in [9.17, 15) is 4.79 Å². The molecule has 0 aliphatic carbocycles. The summed E-state index contributed by atoms with van der Waals surface area (Å²) in [5.41, 5.74) is 0. The average Bonchev–Trinajstić information content (AvgIpc) is 2.25. The van der Waals surface area contributed by atoms with Crippen LogP contribution in [0.3, 0.4) is 0 Å². The monoisotopic (exact) mass is 210 g/mol. The molecule has 0 N–H and O–H groups in total. The molecule has 0 bridgehead atoms.